The van der Waals surface area contributed by atoms with Crippen LogP contribution in [0.4, 0.5) is 0 Å². The molecule has 1 unspecified atom stereocenters. The van der Waals surface area contributed by atoms with Crippen molar-refractivity contribution in [2.45, 2.75) is 6.29 Å². The fourth-order valence-corrected chi connectivity index (χ4v) is 0.266. The van der Waals surface area contributed by atoms with Crippen molar-refractivity contribution < 1.29 is 14.9 Å². The van der Waals surface area contributed by atoms with E-state index >= 15 is 0 Å². The lowest BCUT2D eigenvalue weighted by Crippen LogP contribution is -2.19. The molecular weight excluding hydrogens is 200 g/mol. The molecule has 0 aliphatic heterocycles. The minimum atomic E-state index is -1.08. The van der Waals surface area contributed by atoms with Gasteiger partial charge in [-0.1, -0.05) is 6.58 Å². The number of aliphatic hydroxyl groups is 2. The Bertz CT molecular complexity index is 170. The standard InChI is InChI=1S/C4H7NO2S.CH3NOS/c1-2-3(6)7-4(5)8;2-1(3)4/h2-3,6H,1H2,(H2,5,8);(H3,2,3,4). The molecule has 5 nitrogen and oxygen atoms in total. The van der Waals surface area contributed by atoms with Gasteiger partial charge in [0.05, 0.1) is 0 Å². The Labute approximate surface area is 80.6 Å². The second-order valence-corrected chi connectivity index (χ2v) is 2.22. The normalized spacial score (nSPS) is 10.1. The van der Waals surface area contributed by atoms with Gasteiger partial charge in [0, 0.05) is 0 Å². The van der Waals surface area contributed by atoms with Crippen molar-refractivity contribution in [2.24, 2.45) is 11.5 Å². The van der Waals surface area contributed by atoms with E-state index in [2.05, 4.69) is 41.5 Å². The molecule has 0 aromatic rings. The molecule has 0 radical (unpaired) electrons. The van der Waals surface area contributed by atoms with Gasteiger partial charge in [0.15, 0.2) is 0 Å². The van der Waals surface area contributed by atoms with E-state index in [1.807, 2.05) is 0 Å². The maximum atomic E-state index is 8.52. The third-order valence-corrected chi connectivity index (χ3v) is 0.535. The van der Waals surface area contributed by atoms with Gasteiger partial charge in [-0.25, -0.2) is 0 Å². The van der Waals surface area contributed by atoms with Crippen LogP contribution in [0.25, 0.3) is 0 Å². The molecule has 0 amide bonds. The fraction of sp³-hybridized carbons (Fsp3) is 0.200. The van der Waals surface area contributed by atoms with E-state index < -0.39 is 11.5 Å². The zero-order chi connectivity index (χ0) is 10.1. The third kappa shape index (κ3) is 23.0. The van der Waals surface area contributed by atoms with Crippen LogP contribution in [0, 0.1) is 0 Å². The summed E-state index contributed by atoms with van der Waals surface area (Å²) < 4.78 is 4.35. The summed E-state index contributed by atoms with van der Waals surface area (Å²) in [4.78, 5) is 0. The van der Waals surface area contributed by atoms with E-state index in [1.165, 1.54) is 6.08 Å². The second-order valence-electron chi connectivity index (χ2n) is 1.40. The first-order valence-electron chi connectivity index (χ1n) is 2.65. The number of rotatable bonds is 2. The van der Waals surface area contributed by atoms with Crippen LogP contribution in [0.1, 0.15) is 0 Å². The average molecular weight is 210 g/mol. The molecule has 0 heterocycles. The molecule has 12 heavy (non-hydrogen) atoms. The van der Waals surface area contributed by atoms with Crippen LogP contribution in [0.15, 0.2) is 12.7 Å². The molecule has 0 saturated carbocycles. The topological polar surface area (TPSA) is 102 Å². The van der Waals surface area contributed by atoms with Gasteiger partial charge < -0.3 is 26.4 Å². The lowest BCUT2D eigenvalue weighted by atomic mass is 10.6. The lowest BCUT2D eigenvalue weighted by molar-refractivity contribution is 0.0162. The van der Waals surface area contributed by atoms with E-state index in [-0.39, 0.29) is 5.17 Å². The molecule has 0 aromatic heterocycles. The monoisotopic (exact) mass is 210 g/mol. The van der Waals surface area contributed by atoms with E-state index in [1.54, 1.807) is 0 Å². The largest absolute Gasteiger partial charge is 0.487 e. The maximum absolute atomic E-state index is 8.52. The molecule has 0 fully saturated rings. The van der Waals surface area contributed by atoms with Crippen molar-refractivity contribution in [3.8, 4) is 0 Å². The van der Waals surface area contributed by atoms with Gasteiger partial charge in [0.2, 0.25) is 6.29 Å². The SMILES string of the molecule is C=CC(O)OC(N)=S.NC(O)=S. The first-order chi connectivity index (χ1) is 5.40. The second kappa shape index (κ2) is 8.18. The molecule has 0 aromatic carbocycles. The zero-order valence-electron chi connectivity index (χ0n) is 6.14. The van der Waals surface area contributed by atoms with Crippen LogP contribution in [-0.2, 0) is 4.74 Å². The molecule has 70 valence electrons. The summed E-state index contributed by atoms with van der Waals surface area (Å²) in [5.74, 6) is 0. The smallest absolute Gasteiger partial charge is 0.256 e. The Morgan fingerprint density at radius 3 is 1.92 bits per heavy atom. The Morgan fingerprint density at radius 1 is 1.50 bits per heavy atom. The Kier molecular flexibility index (Phi) is 9.31. The summed E-state index contributed by atoms with van der Waals surface area (Å²) in [7, 11) is 0. The van der Waals surface area contributed by atoms with Crippen molar-refractivity contribution in [2.75, 3.05) is 0 Å². The van der Waals surface area contributed by atoms with Crippen molar-refractivity contribution in [1.29, 1.82) is 0 Å². The summed E-state index contributed by atoms with van der Waals surface area (Å²) in [6.07, 6.45) is 0.103. The number of thiocarbonyl (C=S) groups is 2. The van der Waals surface area contributed by atoms with Gasteiger partial charge >= 0.3 is 0 Å². The molecule has 0 bridgehead atoms. The minimum Gasteiger partial charge on any atom is -0.487 e. The van der Waals surface area contributed by atoms with Gasteiger partial charge in [-0.3, -0.25) is 0 Å². The van der Waals surface area contributed by atoms with Crippen molar-refractivity contribution in [3.63, 3.8) is 0 Å². The molecule has 1 atom stereocenters. The average Bonchev–Trinajstić information content (AvgIpc) is 1.84. The molecular formula is C5H10N2O3S2. The van der Waals surface area contributed by atoms with Gasteiger partial charge in [-0.05, 0) is 30.5 Å². The van der Waals surface area contributed by atoms with Crippen LogP contribution in [-0.4, -0.2) is 26.9 Å². The van der Waals surface area contributed by atoms with Crippen LogP contribution in [0.5, 0.6) is 0 Å². The van der Waals surface area contributed by atoms with E-state index in [9.17, 15) is 0 Å². The van der Waals surface area contributed by atoms with Gasteiger partial charge in [0.1, 0.15) is 0 Å². The van der Waals surface area contributed by atoms with Crippen LogP contribution >= 0.6 is 24.4 Å². The number of hydrogen-bond donors (Lipinski definition) is 4. The quantitative estimate of drug-likeness (QED) is 0.278. The molecule has 7 heteroatoms. The lowest BCUT2D eigenvalue weighted by Gasteiger charge is -2.04. The van der Waals surface area contributed by atoms with Crippen LogP contribution < -0.4 is 11.5 Å². The zero-order valence-corrected chi connectivity index (χ0v) is 7.77. The highest BCUT2D eigenvalue weighted by atomic mass is 32.1. The Balaban J connectivity index is 0. The van der Waals surface area contributed by atoms with Crippen molar-refractivity contribution in [3.05, 3.63) is 12.7 Å². The third-order valence-electron chi connectivity index (χ3n) is 0.439. The first kappa shape index (κ1) is 13.7. The molecule has 0 aliphatic carbocycles. The summed E-state index contributed by atoms with van der Waals surface area (Å²) in [6.45, 7) is 3.22. The minimum absolute atomic E-state index is 0.183. The highest BCUT2D eigenvalue weighted by Crippen LogP contribution is 1.84. The summed E-state index contributed by atoms with van der Waals surface area (Å²) >= 11 is 8.16. The van der Waals surface area contributed by atoms with Crippen LogP contribution in [0.3, 0.4) is 0 Å². The van der Waals surface area contributed by atoms with Crippen molar-refractivity contribution >= 4 is 34.8 Å². The summed E-state index contributed by atoms with van der Waals surface area (Å²) in [6, 6.07) is 0. The van der Waals surface area contributed by atoms with Gasteiger partial charge in [-0.15, -0.1) is 0 Å². The first-order valence-corrected chi connectivity index (χ1v) is 3.47. The van der Waals surface area contributed by atoms with E-state index in [4.69, 9.17) is 15.9 Å². The van der Waals surface area contributed by atoms with Gasteiger partial charge in [0.25, 0.3) is 10.3 Å². The summed E-state index contributed by atoms with van der Waals surface area (Å²) in [5, 5.41) is 15.4. The number of ether oxygens (including phenoxy) is 1. The van der Waals surface area contributed by atoms with Gasteiger partial charge in [-0.2, -0.15) is 0 Å². The van der Waals surface area contributed by atoms with E-state index in [0.717, 1.165) is 0 Å². The number of nitrogens with two attached hydrogens (primary N) is 2. The highest BCUT2D eigenvalue weighted by molar-refractivity contribution is 7.80. The van der Waals surface area contributed by atoms with Crippen LogP contribution in [0.2, 0.25) is 0 Å². The fourth-order valence-electron chi connectivity index (χ4n) is 0.167. The highest BCUT2D eigenvalue weighted by Gasteiger charge is 1.95. The Hall–Kier alpha value is -0.920. The summed E-state index contributed by atoms with van der Waals surface area (Å²) in [5.41, 5.74) is 9.27. The predicted molar refractivity (Wildman–Crippen MR) is 53.5 cm³/mol. The number of aliphatic hydroxyl groups excluding tert-OH is 2. The predicted octanol–water partition coefficient (Wildman–Crippen LogP) is -0.461. The molecule has 0 aliphatic rings. The number of hydrogen-bond acceptors (Lipinski definition) is 4. The molecule has 6 N–H and O–H groups in total. The molecule has 0 saturated heterocycles. The molecule has 0 spiro atoms. The maximum Gasteiger partial charge on any atom is 0.256 e. The van der Waals surface area contributed by atoms with E-state index in [0.29, 0.717) is 0 Å². The molecule has 0 rings (SSSR count). The Morgan fingerprint density at radius 2 is 1.83 bits per heavy atom. The van der Waals surface area contributed by atoms with Crippen molar-refractivity contribution in [1.82, 2.24) is 0 Å².